The molecule has 5 nitrogen and oxygen atoms in total. The Bertz CT molecular complexity index is 865. The molecular formula is C17H14F3N3O2. The van der Waals surface area contributed by atoms with Gasteiger partial charge in [0.05, 0.1) is 17.3 Å². The summed E-state index contributed by atoms with van der Waals surface area (Å²) in [6.07, 6.45) is -3.23. The van der Waals surface area contributed by atoms with Crippen LogP contribution >= 0.6 is 0 Å². The number of para-hydroxylation sites is 1. The Morgan fingerprint density at radius 3 is 2.76 bits per heavy atom. The number of nitrogens with zero attached hydrogens (tertiary/aromatic N) is 3. The van der Waals surface area contributed by atoms with E-state index in [1.54, 1.807) is 6.07 Å². The van der Waals surface area contributed by atoms with Gasteiger partial charge in [-0.3, -0.25) is 0 Å². The van der Waals surface area contributed by atoms with Crippen molar-refractivity contribution in [3.8, 4) is 11.8 Å². The third kappa shape index (κ3) is 2.97. The van der Waals surface area contributed by atoms with Crippen LogP contribution in [0, 0.1) is 11.3 Å². The molecule has 0 aliphatic heterocycles. The van der Waals surface area contributed by atoms with Crippen molar-refractivity contribution in [3.05, 3.63) is 46.8 Å². The topological polar surface area (TPSA) is 78.9 Å². The van der Waals surface area contributed by atoms with Crippen LogP contribution in [-0.4, -0.2) is 20.9 Å². The van der Waals surface area contributed by atoms with Gasteiger partial charge in [-0.25, -0.2) is 9.48 Å². The molecule has 25 heavy (non-hydrogen) atoms. The molecule has 1 aliphatic carbocycles. The Hall–Kier alpha value is -2.82. The van der Waals surface area contributed by atoms with Gasteiger partial charge >= 0.3 is 12.1 Å². The molecule has 1 aromatic carbocycles. The molecule has 0 saturated heterocycles. The number of rotatable bonds is 3. The molecule has 1 heterocycles. The Morgan fingerprint density at radius 2 is 2.12 bits per heavy atom. The zero-order valence-electron chi connectivity index (χ0n) is 13.0. The molecule has 1 aliphatic rings. The molecule has 130 valence electrons. The smallest absolute Gasteiger partial charge is 0.435 e. The summed E-state index contributed by atoms with van der Waals surface area (Å²) < 4.78 is 41.6. The highest BCUT2D eigenvalue weighted by molar-refractivity contribution is 5.91. The van der Waals surface area contributed by atoms with Crippen LogP contribution in [0.15, 0.2) is 24.3 Å². The fourth-order valence-electron chi connectivity index (χ4n) is 3.36. The average molecular weight is 349 g/mol. The summed E-state index contributed by atoms with van der Waals surface area (Å²) in [5.74, 6) is -1.78. The van der Waals surface area contributed by atoms with E-state index in [1.807, 2.05) is 6.07 Å². The predicted molar refractivity (Wildman–Crippen MR) is 81.4 cm³/mol. The third-order valence-corrected chi connectivity index (χ3v) is 4.36. The molecule has 2 aromatic rings. The van der Waals surface area contributed by atoms with E-state index in [0.29, 0.717) is 25.0 Å². The molecule has 0 fully saturated rings. The average Bonchev–Trinajstić information content (AvgIpc) is 2.96. The minimum atomic E-state index is -4.67. The van der Waals surface area contributed by atoms with E-state index >= 15 is 0 Å². The summed E-state index contributed by atoms with van der Waals surface area (Å²) in [6, 6.07) is 7.76. The fourth-order valence-corrected chi connectivity index (χ4v) is 3.36. The highest BCUT2D eigenvalue weighted by atomic mass is 19.4. The van der Waals surface area contributed by atoms with Gasteiger partial charge in [-0.2, -0.15) is 23.5 Å². The molecular weight excluding hydrogens is 335 g/mol. The Balaban J connectivity index is 2.27. The number of nitriles is 1. The van der Waals surface area contributed by atoms with Gasteiger partial charge < -0.3 is 5.11 Å². The summed E-state index contributed by atoms with van der Waals surface area (Å²) in [7, 11) is 0. The highest BCUT2D eigenvalue weighted by Crippen LogP contribution is 2.43. The van der Waals surface area contributed by atoms with Crippen molar-refractivity contribution < 1.29 is 23.1 Å². The lowest BCUT2D eigenvalue weighted by Crippen LogP contribution is -2.16. The number of carbonyl (C=O) groups is 1. The number of aromatic carboxylic acids is 1. The monoisotopic (exact) mass is 349 g/mol. The van der Waals surface area contributed by atoms with Crippen LogP contribution in [0.25, 0.3) is 5.69 Å². The number of hydrogen-bond acceptors (Lipinski definition) is 3. The van der Waals surface area contributed by atoms with Crippen LogP contribution in [0.1, 0.15) is 52.5 Å². The molecule has 1 unspecified atom stereocenters. The van der Waals surface area contributed by atoms with Gasteiger partial charge in [0.1, 0.15) is 0 Å². The zero-order chi connectivity index (χ0) is 18.2. The van der Waals surface area contributed by atoms with Gasteiger partial charge in [0.25, 0.3) is 0 Å². The fraction of sp³-hybridized carbons (Fsp3) is 0.353. The van der Waals surface area contributed by atoms with Gasteiger partial charge in [0.2, 0.25) is 0 Å². The van der Waals surface area contributed by atoms with Gasteiger partial charge in [0, 0.05) is 23.6 Å². The first-order valence-corrected chi connectivity index (χ1v) is 7.73. The Morgan fingerprint density at radius 1 is 1.40 bits per heavy atom. The van der Waals surface area contributed by atoms with E-state index in [4.69, 9.17) is 5.26 Å². The van der Waals surface area contributed by atoms with Crippen molar-refractivity contribution in [1.29, 1.82) is 5.26 Å². The second kappa shape index (κ2) is 6.24. The first-order chi connectivity index (χ1) is 11.8. The molecule has 1 N–H and O–H groups in total. The summed E-state index contributed by atoms with van der Waals surface area (Å²) in [4.78, 5) is 11.4. The molecule has 0 amide bonds. The minimum Gasteiger partial charge on any atom is -0.478 e. The number of aromatic nitrogens is 2. The SMILES string of the molecule is N#CCC1CCCc2c1c(C(F)(F)F)nn2-c1ccccc1C(=O)O. The lowest BCUT2D eigenvalue weighted by atomic mass is 9.83. The largest absolute Gasteiger partial charge is 0.478 e. The van der Waals surface area contributed by atoms with E-state index in [0.717, 1.165) is 4.68 Å². The summed E-state index contributed by atoms with van der Waals surface area (Å²) in [5, 5.41) is 22.0. The molecule has 1 atom stereocenters. The maximum Gasteiger partial charge on any atom is 0.435 e. The Labute approximate surface area is 141 Å². The van der Waals surface area contributed by atoms with Crippen molar-refractivity contribution in [2.75, 3.05) is 0 Å². The first-order valence-electron chi connectivity index (χ1n) is 7.73. The normalized spacial score (nSPS) is 17.0. The van der Waals surface area contributed by atoms with Crippen molar-refractivity contribution in [1.82, 2.24) is 9.78 Å². The van der Waals surface area contributed by atoms with E-state index in [2.05, 4.69) is 5.10 Å². The van der Waals surface area contributed by atoms with E-state index < -0.39 is 23.8 Å². The number of benzene rings is 1. The van der Waals surface area contributed by atoms with Crippen LogP contribution in [0.4, 0.5) is 13.2 Å². The number of fused-ring (bicyclic) bond motifs is 1. The zero-order valence-corrected chi connectivity index (χ0v) is 13.0. The van der Waals surface area contributed by atoms with Crippen LogP contribution in [0.2, 0.25) is 0 Å². The number of halogens is 3. The highest BCUT2D eigenvalue weighted by Gasteiger charge is 2.42. The van der Waals surface area contributed by atoms with E-state index in [1.165, 1.54) is 18.2 Å². The number of carboxylic acids is 1. The summed E-state index contributed by atoms with van der Waals surface area (Å²) in [5.41, 5.74) is -0.682. The molecule has 0 radical (unpaired) electrons. The maximum atomic E-state index is 13.5. The van der Waals surface area contributed by atoms with Gasteiger partial charge in [-0.15, -0.1) is 0 Å². The quantitative estimate of drug-likeness (QED) is 0.911. The van der Waals surface area contributed by atoms with Gasteiger partial charge in [-0.1, -0.05) is 12.1 Å². The number of carboxylic acid groups (broad SMARTS) is 1. The lowest BCUT2D eigenvalue weighted by Gasteiger charge is -2.22. The van der Waals surface area contributed by atoms with Crippen LogP contribution in [0.3, 0.4) is 0 Å². The van der Waals surface area contributed by atoms with Crippen molar-refractivity contribution in [2.45, 2.75) is 37.8 Å². The molecule has 0 bridgehead atoms. The summed E-state index contributed by atoms with van der Waals surface area (Å²) >= 11 is 0. The molecule has 0 saturated carbocycles. The van der Waals surface area contributed by atoms with Crippen molar-refractivity contribution in [2.24, 2.45) is 0 Å². The summed E-state index contributed by atoms with van der Waals surface area (Å²) in [6.45, 7) is 0. The van der Waals surface area contributed by atoms with Crippen LogP contribution in [0.5, 0.6) is 0 Å². The van der Waals surface area contributed by atoms with Crippen molar-refractivity contribution in [3.63, 3.8) is 0 Å². The minimum absolute atomic E-state index is 0.0254. The first kappa shape index (κ1) is 17.0. The maximum absolute atomic E-state index is 13.5. The Kier molecular flexibility index (Phi) is 4.25. The molecule has 3 rings (SSSR count). The van der Waals surface area contributed by atoms with E-state index in [-0.39, 0.29) is 23.2 Å². The van der Waals surface area contributed by atoms with Crippen LogP contribution in [-0.2, 0) is 12.6 Å². The molecule has 1 aromatic heterocycles. The van der Waals surface area contributed by atoms with Gasteiger partial charge in [-0.05, 0) is 31.4 Å². The second-order valence-electron chi connectivity index (χ2n) is 5.89. The molecule has 8 heteroatoms. The molecule has 0 spiro atoms. The number of alkyl halides is 3. The lowest BCUT2D eigenvalue weighted by molar-refractivity contribution is -0.142. The van der Waals surface area contributed by atoms with E-state index in [9.17, 15) is 23.1 Å². The number of hydrogen-bond donors (Lipinski definition) is 1. The third-order valence-electron chi connectivity index (χ3n) is 4.36. The van der Waals surface area contributed by atoms with Gasteiger partial charge in [0.15, 0.2) is 5.69 Å². The van der Waals surface area contributed by atoms with Crippen molar-refractivity contribution >= 4 is 5.97 Å². The second-order valence-corrected chi connectivity index (χ2v) is 5.89. The predicted octanol–water partition coefficient (Wildman–Crippen LogP) is 3.92. The standard InChI is InChI=1S/C17H14F3N3O2/c18-17(19,20)15-14-10(8-9-21)4-3-7-13(14)23(22-15)12-6-2-1-5-11(12)16(24)25/h1-2,5-6,10H,3-4,7-8H2,(H,24,25). The van der Waals surface area contributed by atoms with Crippen LogP contribution < -0.4 is 0 Å².